The first-order chi connectivity index (χ1) is 6.20. The summed E-state index contributed by atoms with van der Waals surface area (Å²) in [6, 6.07) is 6.08. The number of nitrogens with two attached hydrogens (primary N) is 1. The molecular weight excluding hydrogens is 158 g/mol. The van der Waals surface area contributed by atoms with E-state index in [1.807, 2.05) is 53.7 Å². The molecule has 0 radical (unpaired) electrons. The fourth-order valence-electron chi connectivity index (χ4n) is 0.760. The maximum Gasteiger partial charge on any atom is 0.0346 e. The van der Waals surface area contributed by atoms with Gasteiger partial charge < -0.3 is 5.73 Å². The van der Waals surface area contributed by atoms with Crippen LogP contribution in [0.15, 0.2) is 18.2 Å². The molecule has 1 aromatic carbocycles. The zero-order valence-corrected chi connectivity index (χ0v) is 9.81. The molecule has 0 fully saturated rings. The van der Waals surface area contributed by atoms with E-state index in [0.717, 1.165) is 11.3 Å². The Hall–Kier alpha value is -0.980. The standard InChI is InChI=1S/C8H11N.2C2H6/c1-6-3-4-7(2)8(9)5-6;2*1-2/h3-5H,9H2,1-2H3;2*1-2H3. The van der Waals surface area contributed by atoms with Gasteiger partial charge in [-0.25, -0.2) is 0 Å². The van der Waals surface area contributed by atoms with E-state index in [2.05, 4.69) is 6.07 Å². The van der Waals surface area contributed by atoms with E-state index < -0.39 is 0 Å². The zero-order chi connectivity index (χ0) is 10.9. The number of benzene rings is 1. The Kier molecular flexibility index (Phi) is 10.2. The Balaban J connectivity index is 0. The van der Waals surface area contributed by atoms with Gasteiger partial charge in [-0.1, -0.05) is 39.8 Å². The van der Waals surface area contributed by atoms with Crippen LogP contribution in [0, 0.1) is 13.8 Å². The molecular formula is C12H23N. The second kappa shape index (κ2) is 9.11. The Morgan fingerprint density at radius 3 is 1.69 bits per heavy atom. The van der Waals surface area contributed by atoms with Gasteiger partial charge in [0.25, 0.3) is 0 Å². The Morgan fingerprint density at radius 2 is 1.38 bits per heavy atom. The number of hydrogen-bond donors (Lipinski definition) is 1. The van der Waals surface area contributed by atoms with Crippen molar-refractivity contribution in [3.05, 3.63) is 29.3 Å². The molecule has 0 aromatic heterocycles. The lowest BCUT2D eigenvalue weighted by Crippen LogP contribution is -1.88. The molecule has 1 aromatic rings. The third-order valence-corrected chi connectivity index (χ3v) is 1.43. The van der Waals surface area contributed by atoms with Crippen LogP contribution in [-0.2, 0) is 0 Å². The van der Waals surface area contributed by atoms with Crippen molar-refractivity contribution < 1.29 is 0 Å². The fourth-order valence-corrected chi connectivity index (χ4v) is 0.760. The molecule has 0 atom stereocenters. The van der Waals surface area contributed by atoms with Crippen LogP contribution in [0.2, 0.25) is 0 Å². The molecule has 0 saturated heterocycles. The topological polar surface area (TPSA) is 26.0 Å². The highest BCUT2D eigenvalue weighted by molar-refractivity contribution is 5.47. The molecule has 13 heavy (non-hydrogen) atoms. The molecule has 0 saturated carbocycles. The van der Waals surface area contributed by atoms with Crippen LogP contribution in [0.25, 0.3) is 0 Å². The first-order valence-corrected chi connectivity index (χ1v) is 5.03. The average molecular weight is 181 g/mol. The van der Waals surface area contributed by atoms with Crippen molar-refractivity contribution >= 4 is 5.69 Å². The zero-order valence-electron chi connectivity index (χ0n) is 9.81. The van der Waals surface area contributed by atoms with Gasteiger partial charge in [0.15, 0.2) is 0 Å². The molecule has 1 heteroatoms. The van der Waals surface area contributed by atoms with E-state index in [0.29, 0.717) is 0 Å². The quantitative estimate of drug-likeness (QED) is 0.603. The lowest BCUT2D eigenvalue weighted by Gasteiger charge is -1.98. The SMILES string of the molecule is CC.CC.Cc1ccc(C)c(N)c1. The molecule has 1 nitrogen and oxygen atoms in total. The first-order valence-electron chi connectivity index (χ1n) is 5.03. The predicted molar refractivity (Wildman–Crippen MR) is 63.0 cm³/mol. The number of rotatable bonds is 0. The monoisotopic (exact) mass is 181 g/mol. The van der Waals surface area contributed by atoms with Crippen molar-refractivity contribution in [1.29, 1.82) is 0 Å². The van der Waals surface area contributed by atoms with Crippen LogP contribution in [0.1, 0.15) is 38.8 Å². The van der Waals surface area contributed by atoms with Gasteiger partial charge in [-0.05, 0) is 31.0 Å². The van der Waals surface area contributed by atoms with Crippen molar-refractivity contribution in [3.63, 3.8) is 0 Å². The largest absolute Gasteiger partial charge is 0.399 e. The van der Waals surface area contributed by atoms with E-state index in [1.165, 1.54) is 5.56 Å². The van der Waals surface area contributed by atoms with Crippen molar-refractivity contribution in [3.8, 4) is 0 Å². The lowest BCUT2D eigenvalue weighted by molar-refractivity contribution is 1.40. The van der Waals surface area contributed by atoms with Gasteiger partial charge in [0.1, 0.15) is 0 Å². The summed E-state index contributed by atoms with van der Waals surface area (Å²) in [5, 5.41) is 0. The predicted octanol–water partition coefficient (Wildman–Crippen LogP) is 3.94. The summed E-state index contributed by atoms with van der Waals surface area (Å²) in [4.78, 5) is 0. The normalized spacial score (nSPS) is 7.54. The molecule has 2 N–H and O–H groups in total. The number of anilines is 1. The van der Waals surface area contributed by atoms with Crippen LogP contribution < -0.4 is 5.73 Å². The van der Waals surface area contributed by atoms with Gasteiger partial charge in [0.05, 0.1) is 0 Å². The maximum absolute atomic E-state index is 5.62. The third kappa shape index (κ3) is 6.21. The van der Waals surface area contributed by atoms with Crippen molar-refractivity contribution in [2.75, 3.05) is 5.73 Å². The van der Waals surface area contributed by atoms with Crippen LogP contribution in [0.3, 0.4) is 0 Å². The van der Waals surface area contributed by atoms with E-state index in [-0.39, 0.29) is 0 Å². The van der Waals surface area contributed by atoms with Gasteiger partial charge in [0, 0.05) is 5.69 Å². The van der Waals surface area contributed by atoms with Gasteiger partial charge in [0.2, 0.25) is 0 Å². The second-order valence-corrected chi connectivity index (χ2v) is 2.36. The van der Waals surface area contributed by atoms with Gasteiger partial charge in [-0.3, -0.25) is 0 Å². The lowest BCUT2D eigenvalue weighted by atomic mass is 10.1. The summed E-state index contributed by atoms with van der Waals surface area (Å²) in [5.74, 6) is 0. The van der Waals surface area contributed by atoms with Crippen molar-refractivity contribution in [1.82, 2.24) is 0 Å². The molecule has 76 valence electrons. The molecule has 1 rings (SSSR count). The molecule has 0 aliphatic heterocycles. The Morgan fingerprint density at radius 1 is 0.923 bits per heavy atom. The highest BCUT2D eigenvalue weighted by Gasteiger charge is 1.89. The maximum atomic E-state index is 5.62. The minimum atomic E-state index is 0.884. The summed E-state index contributed by atoms with van der Waals surface area (Å²) >= 11 is 0. The van der Waals surface area contributed by atoms with Crippen LogP contribution in [-0.4, -0.2) is 0 Å². The smallest absolute Gasteiger partial charge is 0.0346 e. The number of hydrogen-bond acceptors (Lipinski definition) is 1. The average Bonchev–Trinajstić information content (AvgIpc) is 2.18. The third-order valence-electron chi connectivity index (χ3n) is 1.43. The number of aryl methyl sites for hydroxylation is 2. The van der Waals surface area contributed by atoms with E-state index >= 15 is 0 Å². The van der Waals surface area contributed by atoms with Crippen LogP contribution in [0.5, 0.6) is 0 Å². The highest BCUT2D eigenvalue weighted by atomic mass is 14.5. The summed E-state index contributed by atoms with van der Waals surface area (Å²) in [7, 11) is 0. The van der Waals surface area contributed by atoms with Gasteiger partial charge in [-0.15, -0.1) is 0 Å². The molecule has 0 bridgehead atoms. The number of nitrogen functional groups attached to an aromatic ring is 1. The molecule has 0 aliphatic rings. The molecule has 0 aliphatic carbocycles. The summed E-state index contributed by atoms with van der Waals surface area (Å²) < 4.78 is 0. The molecule has 0 spiro atoms. The van der Waals surface area contributed by atoms with Crippen LogP contribution in [0.4, 0.5) is 5.69 Å². The van der Waals surface area contributed by atoms with Crippen molar-refractivity contribution in [2.45, 2.75) is 41.5 Å². The summed E-state index contributed by atoms with van der Waals surface area (Å²) in [6.45, 7) is 12.0. The molecule has 0 amide bonds. The summed E-state index contributed by atoms with van der Waals surface area (Å²) in [6.07, 6.45) is 0. The molecule has 0 unspecified atom stereocenters. The van der Waals surface area contributed by atoms with E-state index in [9.17, 15) is 0 Å². The first kappa shape index (κ1) is 14.5. The second-order valence-electron chi connectivity index (χ2n) is 2.36. The van der Waals surface area contributed by atoms with E-state index in [1.54, 1.807) is 0 Å². The van der Waals surface area contributed by atoms with Gasteiger partial charge in [-0.2, -0.15) is 0 Å². The Labute approximate surface area is 83.0 Å². The van der Waals surface area contributed by atoms with Crippen molar-refractivity contribution in [2.24, 2.45) is 0 Å². The molecule has 0 heterocycles. The Bertz CT molecular complexity index is 216. The fraction of sp³-hybridized carbons (Fsp3) is 0.500. The highest BCUT2D eigenvalue weighted by Crippen LogP contribution is 2.10. The van der Waals surface area contributed by atoms with Crippen LogP contribution >= 0.6 is 0 Å². The summed E-state index contributed by atoms with van der Waals surface area (Å²) in [5.41, 5.74) is 8.88. The van der Waals surface area contributed by atoms with Gasteiger partial charge >= 0.3 is 0 Å². The minimum Gasteiger partial charge on any atom is -0.399 e. The van der Waals surface area contributed by atoms with E-state index in [4.69, 9.17) is 5.73 Å². The minimum absolute atomic E-state index is 0.884.